The predicted octanol–water partition coefficient (Wildman–Crippen LogP) is 2.12. The van der Waals surface area contributed by atoms with Crippen molar-refractivity contribution in [2.24, 2.45) is 0 Å². The van der Waals surface area contributed by atoms with Crippen LogP contribution in [0.15, 0.2) is 30.5 Å². The van der Waals surface area contributed by atoms with Crippen molar-refractivity contribution in [3.63, 3.8) is 0 Å². The van der Waals surface area contributed by atoms with Crippen LogP contribution < -0.4 is 0 Å². The van der Waals surface area contributed by atoms with Crippen LogP contribution in [0.3, 0.4) is 0 Å². The van der Waals surface area contributed by atoms with Gasteiger partial charge in [-0.05, 0) is 24.0 Å². The van der Waals surface area contributed by atoms with Crippen molar-refractivity contribution < 1.29 is 14.1 Å². The van der Waals surface area contributed by atoms with Crippen LogP contribution in [0.1, 0.15) is 15.9 Å². The normalized spacial score (nSPS) is 10.4. The lowest BCUT2D eigenvalue weighted by Gasteiger charge is -2.00. The third-order valence-electron chi connectivity index (χ3n) is 2.57. The van der Waals surface area contributed by atoms with Crippen molar-refractivity contribution in [2.75, 3.05) is 0 Å². The molecule has 7 heteroatoms. The molecular formula is C12H10FN3O3. The second-order valence-corrected chi connectivity index (χ2v) is 3.99. The number of rotatable bonds is 4. The van der Waals surface area contributed by atoms with Crippen LogP contribution >= 0.6 is 0 Å². The number of aryl methyl sites for hydroxylation is 1. The predicted molar refractivity (Wildman–Crippen MR) is 64.3 cm³/mol. The van der Waals surface area contributed by atoms with E-state index in [-0.39, 0.29) is 17.9 Å². The fourth-order valence-electron chi connectivity index (χ4n) is 1.69. The van der Waals surface area contributed by atoms with Gasteiger partial charge in [-0.1, -0.05) is 12.1 Å². The van der Waals surface area contributed by atoms with E-state index in [0.717, 1.165) is 4.68 Å². The molecule has 0 aliphatic carbocycles. The number of aromatic nitrogens is 2. The number of benzene rings is 1. The van der Waals surface area contributed by atoms with E-state index in [1.165, 1.54) is 31.3 Å². The van der Waals surface area contributed by atoms with Gasteiger partial charge in [0.2, 0.25) is 0 Å². The zero-order valence-corrected chi connectivity index (χ0v) is 10.0. The molecule has 0 radical (unpaired) electrons. The lowest BCUT2D eigenvalue weighted by atomic mass is 10.1. The maximum absolute atomic E-state index is 13.4. The Morgan fingerprint density at radius 2 is 2.16 bits per heavy atom. The van der Waals surface area contributed by atoms with Gasteiger partial charge >= 0.3 is 5.82 Å². The highest BCUT2D eigenvalue weighted by Crippen LogP contribution is 2.15. The number of nitro groups is 1. The number of carbonyl (C=O) groups is 1. The summed E-state index contributed by atoms with van der Waals surface area (Å²) in [6.07, 6.45) is 1.39. The molecule has 0 spiro atoms. The van der Waals surface area contributed by atoms with Crippen LogP contribution in [-0.2, 0) is 6.54 Å². The number of Topliss-reactive ketones (excluding diaryl/α,β-unsaturated/α-hetero) is 1. The van der Waals surface area contributed by atoms with E-state index in [9.17, 15) is 19.3 Å². The largest absolute Gasteiger partial charge is 0.392 e. The highest BCUT2D eigenvalue weighted by molar-refractivity contribution is 5.96. The molecule has 0 amide bonds. The first kappa shape index (κ1) is 12.9. The second kappa shape index (κ2) is 4.97. The van der Waals surface area contributed by atoms with E-state index in [1.54, 1.807) is 6.07 Å². The minimum atomic E-state index is -0.626. The summed E-state index contributed by atoms with van der Waals surface area (Å²) in [5, 5.41) is 14.3. The molecule has 98 valence electrons. The summed E-state index contributed by atoms with van der Waals surface area (Å²) in [7, 11) is 0. The second-order valence-electron chi connectivity index (χ2n) is 3.99. The number of halogens is 1. The molecule has 0 saturated heterocycles. The SMILES string of the molecule is Cc1cn(CC(=O)c2ccccc2F)nc1[N+](=O)[O-]. The van der Waals surface area contributed by atoms with Crippen LogP contribution in [0.2, 0.25) is 0 Å². The molecule has 0 bridgehead atoms. The summed E-state index contributed by atoms with van der Waals surface area (Å²) in [6, 6.07) is 5.58. The Hall–Kier alpha value is -2.57. The van der Waals surface area contributed by atoms with Crippen LogP contribution in [0.4, 0.5) is 10.2 Å². The molecule has 1 aromatic carbocycles. The molecule has 1 aromatic heterocycles. The Labute approximate surface area is 107 Å². The minimum Gasteiger partial charge on any atom is -0.358 e. The summed E-state index contributed by atoms with van der Waals surface area (Å²) < 4.78 is 14.5. The first-order chi connectivity index (χ1) is 8.99. The summed E-state index contributed by atoms with van der Waals surface area (Å²) in [5.74, 6) is -1.41. The molecule has 0 aliphatic rings. The zero-order chi connectivity index (χ0) is 14.0. The van der Waals surface area contributed by atoms with E-state index in [0.29, 0.717) is 5.56 Å². The summed E-state index contributed by atoms with van der Waals surface area (Å²) in [6.45, 7) is 1.28. The fraction of sp³-hybridized carbons (Fsp3) is 0.167. The monoisotopic (exact) mass is 263 g/mol. The highest BCUT2D eigenvalue weighted by Gasteiger charge is 2.20. The molecular weight excluding hydrogens is 253 g/mol. The standard InChI is InChI=1S/C12H10FN3O3/c1-8-6-15(14-12(8)16(18)19)7-11(17)9-4-2-3-5-10(9)13/h2-6H,7H2,1H3. The van der Waals surface area contributed by atoms with Crippen molar-refractivity contribution in [1.82, 2.24) is 9.78 Å². The van der Waals surface area contributed by atoms with Crippen LogP contribution in [0.25, 0.3) is 0 Å². The van der Waals surface area contributed by atoms with E-state index in [1.807, 2.05) is 0 Å². The minimum absolute atomic E-state index is 0.0571. The number of hydrogen-bond acceptors (Lipinski definition) is 4. The third-order valence-corrected chi connectivity index (χ3v) is 2.57. The van der Waals surface area contributed by atoms with Gasteiger partial charge in [-0.2, -0.15) is 4.68 Å². The molecule has 0 N–H and O–H groups in total. The van der Waals surface area contributed by atoms with Gasteiger partial charge in [-0.25, -0.2) is 4.39 Å². The molecule has 6 nitrogen and oxygen atoms in total. The van der Waals surface area contributed by atoms with Crippen LogP contribution in [-0.4, -0.2) is 20.5 Å². The average Bonchev–Trinajstić information content (AvgIpc) is 2.70. The molecule has 0 atom stereocenters. The summed E-state index contributed by atoms with van der Waals surface area (Å²) in [5.41, 5.74) is 0.296. The Bertz CT molecular complexity index is 651. The molecule has 2 rings (SSSR count). The molecule has 0 saturated carbocycles. The van der Waals surface area contributed by atoms with Gasteiger partial charge in [0.15, 0.2) is 5.78 Å². The third kappa shape index (κ3) is 2.65. The first-order valence-electron chi connectivity index (χ1n) is 5.45. The lowest BCUT2D eigenvalue weighted by Crippen LogP contribution is -2.12. The maximum atomic E-state index is 13.4. The van der Waals surface area contributed by atoms with Gasteiger partial charge < -0.3 is 10.1 Å². The Morgan fingerprint density at radius 1 is 1.47 bits per heavy atom. The van der Waals surface area contributed by atoms with Crippen molar-refractivity contribution >= 4 is 11.6 Å². The van der Waals surface area contributed by atoms with Gasteiger partial charge in [-0.15, -0.1) is 0 Å². The summed E-state index contributed by atoms with van der Waals surface area (Å²) in [4.78, 5) is 21.9. The number of nitrogens with zero attached hydrogens (tertiary/aromatic N) is 3. The lowest BCUT2D eigenvalue weighted by molar-refractivity contribution is -0.390. The fourth-order valence-corrected chi connectivity index (χ4v) is 1.69. The van der Waals surface area contributed by atoms with Crippen molar-refractivity contribution in [1.29, 1.82) is 0 Å². The topological polar surface area (TPSA) is 78.0 Å². The summed E-state index contributed by atoms with van der Waals surface area (Å²) >= 11 is 0. The van der Waals surface area contributed by atoms with Gasteiger partial charge in [0, 0.05) is 0 Å². The van der Waals surface area contributed by atoms with E-state index >= 15 is 0 Å². The van der Waals surface area contributed by atoms with Crippen molar-refractivity contribution in [3.05, 3.63) is 57.5 Å². The molecule has 0 unspecified atom stereocenters. The molecule has 1 heterocycles. The highest BCUT2D eigenvalue weighted by atomic mass is 19.1. The zero-order valence-electron chi connectivity index (χ0n) is 10.0. The van der Waals surface area contributed by atoms with Gasteiger partial charge in [0.25, 0.3) is 0 Å². The van der Waals surface area contributed by atoms with E-state index in [4.69, 9.17) is 0 Å². The Kier molecular flexibility index (Phi) is 3.37. The average molecular weight is 263 g/mol. The number of ketones is 1. The van der Waals surface area contributed by atoms with Gasteiger partial charge in [-0.3, -0.25) is 4.79 Å². The van der Waals surface area contributed by atoms with Crippen molar-refractivity contribution in [2.45, 2.75) is 13.5 Å². The van der Waals surface area contributed by atoms with E-state index < -0.39 is 16.5 Å². The Balaban J connectivity index is 2.22. The maximum Gasteiger partial charge on any atom is 0.392 e. The smallest absolute Gasteiger partial charge is 0.358 e. The van der Waals surface area contributed by atoms with E-state index in [2.05, 4.69) is 5.10 Å². The molecule has 0 fully saturated rings. The number of hydrogen-bond donors (Lipinski definition) is 0. The Morgan fingerprint density at radius 3 is 2.74 bits per heavy atom. The first-order valence-corrected chi connectivity index (χ1v) is 5.45. The van der Waals surface area contributed by atoms with Crippen molar-refractivity contribution in [3.8, 4) is 0 Å². The molecule has 19 heavy (non-hydrogen) atoms. The van der Waals surface area contributed by atoms with Gasteiger partial charge in [0.05, 0.1) is 22.4 Å². The van der Waals surface area contributed by atoms with Crippen LogP contribution in [0.5, 0.6) is 0 Å². The van der Waals surface area contributed by atoms with Crippen LogP contribution in [0, 0.1) is 22.9 Å². The molecule has 0 aliphatic heterocycles. The molecule has 2 aromatic rings. The quantitative estimate of drug-likeness (QED) is 0.481. The van der Waals surface area contributed by atoms with Gasteiger partial charge in [0.1, 0.15) is 12.4 Å². The number of carbonyl (C=O) groups excluding carboxylic acids is 1.